The van der Waals surface area contributed by atoms with E-state index in [-0.39, 0.29) is 5.75 Å². The molecule has 0 saturated carbocycles. The summed E-state index contributed by atoms with van der Waals surface area (Å²) < 4.78 is 11.1. The van der Waals surface area contributed by atoms with E-state index in [1.807, 2.05) is 46.9 Å². The Morgan fingerprint density at radius 3 is 2.42 bits per heavy atom. The molecule has 1 aromatic carbocycles. The van der Waals surface area contributed by atoms with Crippen molar-refractivity contribution in [2.24, 2.45) is 0 Å². The van der Waals surface area contributed by atoms with Gasteiger partial charge in [0.1, 0.15) is 17.3 Å². The molecule has 6 nitrogen and oxygen atoms in total. The number of methoxy groups -OCH3 is 2. The van der Waals surface area contributed by atoms with Gasteiger partial charge in [0, 0.05) is 30.8 Å². The minimum absolute atomic E-state index is 0.123. The Kier molecular flexibility index (Phi) is 15.8. The van der Waals surface area contributed by atoms with Gasteiger partial charge in [0.15, 0.2) is 6.29 Å². The SMILES string of the molecule is C=C/C=C(/C(C=O)=C/C(C)=C(/C=C\C)OC)c1ccc(O)c(CNCCNC)c1OC.CC. The second kappa shape index (κ2) is 17.5. The normalized spacial score (nSPS) is 12.6. The highest BCUT2D eigenvalue weighted by atomic mass is 16.5. The maximum absolute atomic E-state index is 12.1. The molecule has 0 spiro atoms. The number of rotatable bonds is 13. The third-order valence-corrected chi connectivity index (χ3v) is 4.60. The zero-order valence-electron chi connectivity index (χ0n) is 21.1. The molecule has 182 valence electrons. The second-order valence-corrected chi connectivity index (χ2v) is 6.71. The molecule has 0 heterocycles. The van der Waals surface area contributed by atoms with E-state index in [1.54, 1.807) is 44.6 Å². The van der Waals surface area contributed by atoms with Gasteiger partial charge in [0.05, 0.1) is 19.8 Å². The van der Waals surface area contributed by atoms with Gasteiger partial charge < -0.3 is 25.2 Å². The topological polar surface area (TPSA) is 79.8 Å². The number of likely N-dealkylation sites (N-methyl/N-ethyl adjacent to an activating group) is 1. The van der Waals surface area contributed by atoms with Gasteiger partial charge >= 0.3 is 0 Å². The smallest absolute Gasteiger partial charge is 0.150 e. The van der Waals surface area contributed by atoms with E-state index in [0.717, 1.165) is 24.9 Å². The van der Waals surface area contributed by atoms with Crippen LogP contribution in [0.1, 0.15) is 38.8 Å². The fourth-order valence-electron chi connectivity index (χ4n) is 3.11. The Bertz CT molecular complexity index is 880. The van der Waals surface area contributed by atoms with E-state index in [0.29, 0.717) is 40.3 Å². The van der Waals surface area contributed by atoms with Crippen LogP contribution in [0.15, 0.2) is 66.0 Å². The number of nitrogens with one attached hydrogen (secondary N) is 2. The third-order valence-electron chi connectivity index (χ3n) is 4.60. The van der Waals surface area contributed by atoms with Gasteiger partial charge in [0.25, 0.3) is 0 Å². The van der Waals surface area contributed by atoms with Crippen molar-refractivity contribution in [3.8, 4) is 11.5 Å². The number of benzene rings is 1. The molecule has 33 heavy (non-hydrogen) atoms. The monoisotopic (exact) mass is 456 g/mol. The van der Waals surface area contributed by atoms with Crippen LogP contribution in [0, 0.1) is 0 Å². The molecule has 6 heteroatoms. The molecule has 0 atom stereocenters. The minimum atomic E-state index is 0.123. The number of ether oxygens (including phenoxy) is 2. The van der Waals surface area contributed by atoms with Crippen molar-refractivity contribution in [1.82, 2.24) is 10.6 Å². The fraction of sp³-hybridized carbons (Fsp3) is 0.370. The van der Waals surface area contributed by atoms with Crippen molar-refractivity contribution in [3.05, 3.63) is 77.1 Å². The Hall–Kier alpha value is -3.09. The van der Waals surface area contributed by atoms with Gasteiger partial charge in [-0.3, -0.25) is 4.79 Å². The zero-order valence-corrected chi connectivity index (χ0v) is 21.1. The second-order valence-electron chi connectivity index (χ2n) is 6.71. The van der Waals surface area contributed by atoms with Crippen molar-refractivity contribution >= 4 is 11.9 Å². The summed E-state index contributed by atoms with van der Waals surface area (Å²) >= 11 is 0. The van der Waals surface area contributed by atoms with Crippen LogP contribution in [-0.2, 0) is 16.1 Å². The molecule has 0 fully saturated rings. The first-order valence-corrected chi connectivity index (χ1v) is 11.1. The molecular formula is C27H40N2O4. The highest BCUT2D eigenvalue weighted by molar-refractivity contribution is 6.01. The van der Waals surface area contributed by atoms with Crippen molar-refractivity contribution < 1.29 is 19.4 Å². The Morgan fingerprint density at radius 2 is 1.91 bits per heavy atom. The van der Waals surface area contributed by atoms with Crippen LogP contribution in [-0.4, -0.2) is 45.7 Å². The fourth-order valence-corrected chi connectivity index (χ4v) is 3.11. The van der Waals surface area contributed by atoms with Gasteiger partial charge in [-0.2, -0.15) is 0 Å². The summed E-state index contributed by atoms with van der Waals surface area (Å²) in [5.74, 6) is 1.28. The molecular weight excluding hydrogens is 416 g/mol. The van der Waals surface area contributed by atoms with Crippen LogP contribution in [0.4, 0.5) is 0 Å². The van der Waals surface area contributed by atoms with Crippen molar-refractivity contribution in [3.63, 3.8) is 0 Å². The molecule has 1 rings (SSSR count). The number of allylic oxidation sites excluding steroid dienone is 8. The molecule has 0 aliphatic carbocycles. The lowest BCUT2D eigenvalue weighted by Crippen LogP contribution is -2.24. The number of phenolic OH excluding ortho intramolecular Hbond substituents is 1. The summed E-state index contributed by atoms with van der Waals surface area (Å²) in [6.45, 7) is 13.5. The van der Waals surface area contributed by atoms with Crippen LogP contribution >= 0.6 is 0 Å². The average Bonchev–Trinajstić information content (AvgIpc) is 2.84. The van der Waals surface area contributed by atoms with Crippen LogP contribution in [0.5, 0.6) is 11.5 Å². The predicted molar refractivity (Wildman–Crippen MR) is 138 cm³/mol. The van der Waals surface area contributed by atoms with Crippen molar-refractivity contribution in [1.29, 1.82) is 0 Å². The first kappa shape index (κ1) is 29.9. The molecule has 0 unspecified atom stereocenters. The maximum atomic E-state index is 12.1. The highest BCUT2D eigenvalue weighted by Crippen LogP contribution is 2.38. The summed E-state index contributed by atoms with van der Waals surface area (Å²) in [5, 5.41) is 16.8. The predicted octanol–water partition coefficient (Wildman–Crippen LogP) is 4.93. The van der Waals surface area contributed by atoms with E-state index in [4.69, 9.17) is 9.47 Å². The molecule has 3 N–H and O–H groups in total. The Morgan fingerprint density at radius 1 is 1.21 bits per heavy atom. The van der Waals surface area contributed by atoms with E-state index in [1.165, 1.54) is 0 Å². The van der Waals surface area contributed by atoms with E-state index in [2.05, 4.69) is 17.2 Å². The number of carbonyl (C=O) groups excluding carboxylic acids is 1. The largest absolute Gasteiger partial charge is 0.507 e. The first-order chi connectivity index (χ1) is 16.0. The Labute approximate surface area is 199 Å². The average molecular weight is 457 g/mol. The molecule has 1 aromatic rings. The lowest BCUT2D eigenvalue weighted by molar-refractivity contribution is -0.104. The van der Waals surface area contributed by atoms with Gasteiger partial charge in [-0.1, -0.05) is 38.7 Å². The van der Waals surface area contributed by atoms with Gasteiger partial charge in [-0.25, -0.2) is 0 Å². The summed E-state index contributed by atoms with van der Waals surface area (Å²) in [6.07, 6.45) is 9.63. The molecule has 0 aliphatic rings. The van der Waals surface area contributed by atoms with Crippen LogP contribution in [0.3, 0.4) is 0 Å². The van der Waals surface area contributed by atoms with Crippen LogP contribution < -0.4 is 15.4 Å². The lowest BCUT2D eigenvalue weighted by atomic mass is 9.93. The number of carbonyl (C=O) groups is 1. The molecule has 0 amide bonds. The van der Waals surface area contributed by atoms with E-state index in [9.17, 15) is 9.90 Å². The summed E-state index contributed by atoms with van der Waals surface area (Å²) in [4.78, 5) is 12.1. The number of aldehydes is 1. The van der Waals surface area contributed by atoms with Gasteiger partial charge in [0.2, 0.25) is 0 Å². The number of phenols is 1. The summed E-state index contributed by atoms with van der Waals surface area (Å²) in [6, 6.07) is 3.34. The number of aromatic hydroxyl groups is 1. The van der Waals surface area contributed by atoms with E-state index < -0.39 is 0 Å². The summed E-state index contributed by atoms with van der Waals surface area (Å²) in [5.41, 5.74) is 3.17. The molecule has 0 aromatic heterocycles. The molecule has 0 radical (unpaired) electrons. The standard InChI is InChI=1S/C25H34N2O4.C2H6/c1-7-9-20(19(17-28)15-18(3)24(30-5)10-8-2)21-11-12-23(29)22(25(21)31-6)16-27-14-13-26-4;1-2/h7-12,15,17,26-27,29H,1,13-14,16H2,2-6H3;1-2H3/b10-8-,19-15+,20-9-,24-18-;. The quantitative estimate of drug-likeness (QED) is 0.128. The maximum Gasteiger partial charge on any atom is 0.150 e. The zero-order chi connectivity index (χ0) is 25.2. The van der Waals surface area contributed by atoms with Crippen LogP contribution in [0.2, 0.25) is 0 Å². The summed E-state index contributed by atoms with van der Waals surface area (Å²) in [7, 11) is 5.01. The molecule has 0 aliphatic heterocycles. The van der Waals surface area contributed by atoms with Crippen molar-refractivity contribution in [2.45, 2.75) is 34.2 Å². The Balaban J connectivity index is 0.00000497. The third kappa shape index (κ3) is 9.12. The lowest BCUT2D eigenvalue weighted by Gasteiger charge is -2.18. The van der Waals surface area contributed by atoms with Gasteiger partial charge in [-0.15, -0.1) is 0 Å². The molecule has 0 bridgehead atoms. The van der Waals surface area contributed by atoms with Crippen LogP contribution in [0.25, 0.3) is 5.57 Å². The highest BCUT2D eigenvalue weighted by Gasteiger charge is 2.19. The van der Waals surface area contributed by atoms with Gasteiger partial charge in [-0.05, 0) is 56.3 Å². The number of hydrogen-bond donors (Lipinski definition) is 3. The number of hydrogen-bond acceptors (Lipinski definition) is 6. The van der Waals surface area contributed by atoms with Crippen molar-refractivity contribution in [2.75, 3.05) is 34.4 Å². The van der Waals surface area contributed by atoms with E-state index >= 15 is 0 Å². The molecule has 0 saturated heterocycles. The minimum Gasteiger partial charge on any atom is -0.507 e. The first-order valence-electron chi connectivity index (χ1n) is 11.1.